The van der Waals surface area contributed by atoms with Crippen molar-refractivity contribution in [1.29, 1.82) is 0 Å². The highest BCUT2D eigenvalue weighted by molar-refractivity contribution is 5.50. The molecule has 1 aromatic carbocycles. The molecule has 136 valence electrons. The van der Waals surface area contributed by atoms with E-state index in [1.165, 1.54) is 12.1 Å². The molecule has 6 nitrogen and oxygen atoms in total. The van der Waals surface area contributed by atoms with Crippen LogP contribution in [0.2, 0.25) is 0 Å². The molecule has 0 spiro atoms. The summed E-state index contributed by atoms with van der Waals surface area (Å²) in [6.07, 6.45) is -0.750. The van der Waals surface area contributed by atoms with Gasteiger partial charge < -0.3 is 20.1 Å². The van der Waals surface area contributed by atoms with E-state index >= 15 is 0 Å². The number of hydrogen-bond acceptors (Lipinski definition) is 5. The third kappa shape index (κ3) is 4.18. The zero-order chi connectivity index (χ0) is 17.8. The first kappa shape index (κ1) is 17.8. The molecule has 25 heavy (non-hydrogen) atoms. The molecule has 2 heterocycles. The van der Waals surface area contributed by atoms with Gasteiger partial charge in [0.1, 0.15) is 11.6 Å². The van der Waals surface area contributed by atoms with E-state index in [0.717, 1.165) is 43.4 Å². The van der Waals surface area contributed by atoms with Crippen molar-refractivity contribution in [3.05, 3.63) is 46.9 Å². The van der Waals surface area contributed by atoms with E-state index in [1.807, 2.05) is 18.7 Å². The summed E-state index contributed by atoms with van der Waals surface area (Å²) < 4.78 is 20.6. The number of aliphatic hydroxyl groups excluding tert-OH is 1. The lowest BCUT2D eigenvalue weighted by Crippen LogP contribution is -2.38. The van der Waals surface area contributed by atoms with Gasteiger partial charge in [-0.15, -0.1) is 0 Å². The monoisotopic (exact) mass is 348 g/mol. The largest absolute Gasteiger partial charge is 0.387 e. The summed E-state index contributed by atoms with van der Waals surface area (Å²) in [4.78, 5) is 2.28. The second-order valence-corrected chi connectivity index (χ2v) is 6.31. The number of nitrogens with zero attached hydrogens (tertiary/aromatic N) is 3. The Morgan fingerprint density at radius 2 is 2.12 bits per heavy atom. The summed E-state index contributed by atoms with van der Waals surface area (Å²) in [6, 6.07) is 6.07. The highest BCUT2D eigenvalue weighted by Gasteiger charge is 2.21. The number of halogens is 1. The third-order valence-electron chi connectivity index (χ3n) is 4.50. The average molecular weight is 348 g/mol. The van der Waals surface area contributed by atoms with Crippen molar-refractivity contribution in [3.8, 4) is 0 Å². The Morgan fingerprint density at radius 1 is 1.36 bits per heavy atom. The van der Waals surface area contributed by atoms with Gasteiger partial charge in [-0.2, -0.15) is 5.10 Å². The lowest BCUT2D eigenvalue weighted by molar-refractivity contribution is 0.122. The normalized spacial score (nSPS) is 16.2. The van der Waals surface area contributed by atoms with E-state index in [2.05, 4.69) is 15.3 Å². The van der Waals surface area contributed by atoms with Crippen LogP contribution in [0.25, 0.3) is 0 Å². The topological polar surface area (TPSA) is 62.5 Å². The molecule has 1 atom stereocenters. The lowest BCUT2D eigenvalue weighted by Gasteiger charge is -2.29. The van der Waals surface area contributed by atoms with E-state index in [9.17, 15) is 9.50 Å². The van der Waals surface area contributed by atoms with Gasteiger partial charge >= 0.3 is 0 Å². The van der Waals surface area contributed by atoms with Crippen molar-refractivity contribution < 1.29 is 14.2 Å². The summed E-state index contributed by atoms with van der Waals surface area (Å²) >= 11 is 0. The van der Waals surface area contributed by atoms with Crippen LogP contribution in [0.3, 0.4) is 0 Å². The van der Waals surface area contributed by atoms with Crippen LogP contribution in [0.1, 0.15) is 22.9 Å². The number of benzene rings is 1. The number of ether oxygens (including phenoxy) is 1. The number of anilines is 1. The van der Waals surface area contributed by atoms with Gasteiger partial charge in [0.2, 0.25) is 0 Å². The molecule has 7 heteroatoms. The quantitative estimate of drug-likeness (QED) is 0.829. The summed E-state index contributed by atoms with van der Waals surface area (Å²) in [6.45, 7) is 6.06. The molecular formula is C18H25FN4O2. The van der Waals surface area contributed by atoms with Gasteiger partial charge in [-0.1, -0.05) is 12.1 Å². The minimum absolute atomic E-state index is 0.339. The second-order valence-electron chi connectivity index (χ2n) is 6.31. The van der Waals surface area contributed by atoms with E-state index < -0.39 is 6.10 Å². The van der Waals surface area contributed by atoms with E-state index in [4.69, 9.17) is 4.74 Å². The van der Waals surface area contributed by atoms with E-state index in [0.29, 0.717) is 18.7 Å². The van der Waals surface area contributed by atoms with Crippen LogP contribution in [0.5, 0.6) is 0 Å². The smallest absolute Gasteiger partial charge is 0.131 e. The van der Waals surface area contributed by atoms with Crippen LogP contribution < -0.4 is 10.2 Å². The molecule has 1 aromatic heterocycles. The molecule has 0 saturated carbocycles. The third-order valence-corrected chi connectivity index (χ3v) is 4.50. The molecular weight excluding hydrogens is 323 g/mol. The Morgan fingerprint density at radius 3 is 2.84 bits per heavy atom. The maximum Gasteiger partial charge on any atom is 0.131 e. The molecule has 3 rings (SSSR count). The predicted molar refractivity (Wildman–Crippen MR) is 94.0 cm³/mol. The van der Waals surface area contributed by atoms with Crippen molar-refractivity contribution >= 4 is 5.82 Å². The number of hydrogen-bond donors (Lipinski definition) is 2. The number of rotatable bonds is 6. The van der Waals surface area contributed by atoms with Crippen LogP contribution in [-0.4, -0.2) is 47.7 Å². The van der Waals surface area contributed by atoms with Gasteiger partial charge in [0.15, 0.2) is 0 Å². The van der Waals surface area contributed by atoms with Gasteiger partial charge in [0, 0.05) is 38.8 Å². The maximum absolute atomic E-state index is 13.3. The first-order valence-electron chi connectivity index (χ1n) is 8.55. The zero-order valence-electron chi connectivity index (χ0n) is 14.7. The number of aryl methyl sites for hydroxylation is 2. The van der Waals surface area contributed by atoms with E-state index in [-0.39, 0.29) is 5.82 Å². The first-order chi connectivity index (χ1) is 12.1. The minimum Gasteiger partial charge on any atom is -0.387 e. The Kier molecular flexibility index (Phi) is 5.67. The molecule has 1 aliphatic heterocycles. The van der Waals surface area contributed by atoms with Crippen molar-refractivity contribution in [2.24, 2.45) is 7.05 Å². The zero-order valence-corrected chi connectivity index (χ0v) is 14.7. The number of morpholine rings is 1. The molecule has 1 saturated heterocycles. The van der Waals surface area contributed by atoms with Gasteiger partial charge in [-0.3, -0.25) is 4.68 Å². The Bertz CT molecular complexity index is 713. The molecule has 0 bridgehead atoms. The summed E-state index contributed by atoms with van der Waals surface area (Å²) in [5.41, 5.74) is 2.66. The molecule has 0 unspecified atom stereocenters. The van der Waals surface area contributed by atoms with Crippen molar-refractivity contribution in [2.45, 2.75) is 19.6 Å². The summed E-state index contributed by atoms with van der Waals surface area (Å²) in [7, 11) is 1.95. The van der Waals surface area contributed by atoms with Crippen LogP contribution >= 0.6 is 0 Å². The molecule has 0 amide bonds. The second kappa shape index (κ2) is 7.95. The standard InChI is InChI=1S/C18H25FN4O2/c1-13-16(18(22(2)21-13)23-6-8-25-9-7-23)11-20-12-17(24)14-4-3-5-15(19)10-14/h3-5,10,17,20,24H,6-9,11-12H2,1-2H3/t17-/m1/s1. The maximum atomic E-state index is 13.3. The van der Waals surface area contributed by atoms with Crippen molar-refractivity contribution in [2.75, 3.05) is 37.7 Å². The van der Waals surface area contributed by atoms with Crippen molar-refractivity contribution in [3.63, 3.8) is 0 Å². The molecule has 1 fully saturated rings. The number of aliphatic hydroxyl groups is 1. The highest BCUT2D eigenvalue weighted by atomic mass is 19.1. The van der Waals surface area contributed by atoms with Crippen LogP contribution in [0, 0.1) is 12.7 Å². The predicted octanol–water partition coefficient (Wildman–Crippen LogP) is 1.53. The van der Waals surface area contributed by atoms with Gasteiger partial charge in [-0.25, -0.2) is 4.39 Å². The first-order valence-corrected chi connectivity index (χ1v) is 8.55. The van der Waals surface area contributed by atoms with Gasteiger partial charge in [-0.05, 0) is 24.6 Å². The Balaban J connectivity index is 1.65. The minimum atomic E-state index is -0.750. The average Bonchev–Trinajstić information content (AvgIpc) is 2.89. The molecule has 1 aliphatic rings. The molecule has 0 radical (unpaired) electrons. The summed E-state index contributed by atoms with van der Waals surface area (Å²) in [5.74, 6) is 0.753. The van der Waals surface area contributed by atoms with Crippen molar-refractivity contribution in [1.82, 2.24) is 15.1 Å². The molecule has 0 aliphatic carbocycles. The SMILES string of the molecule is Cc1nn(C)c(N2CCOCC2)c1CNC[C@@H](O)c1cccc(F)c1. The van der Waals surface area contributed by atoms with Gasteiger partial charge in [0.25, 0.3) is 0 Å². The molecule has 2 N–H and O–H groups in total. The van der Waals surface area contributed by atoms with E-state index in [1.54, 1.807) is 12.1 Å². The Labute approximate surface area is 147 Å². The fourth-order valence-corrected chi connectivity index (χ4v) is 3.23. The molecule has 2 aromatic rings. The summed E-state index contributed by atoms with van der Waals surface area (Å²) in [5, 5.41) is 18.0. The number of aromatic nitrogens is 2. The highest BCUT2D eigenvalue weighted by Crippen LogP contribution is 2.24. The van der Waals surface area contributed by atoms with Gasteiger partial charge in [0.05, 0.1) is 25.0 Å². The lowest BCUT2D eigenvalue weighted by atomic mass is 10.1. The Hall–Kier alpha value is -1.96. The van der Waals surface area contributed by atoms with Crippen LogP contribution in [-0.2, 0) is 18.3 Å². The fraction of sp³-hybridized carbons (Fsp3) is 0.500. The van der Waals surface area contributed by atoms with Crippen LogP contribution in [0.4, 0.5) is 10.2 Å². The van der Waals surface area contributed by atoms with Crippen LogP contribution in [0.15, 0.2) is 24.3 Å². The fourth-order valence-electron chi connectivity index (χ4n) is 3.23. The number of nitrogens with one attached hydrogen (secondary N) is 1.